The Bertz CT molecular complexity index is 5440. The van der Waals surface area contributed by atoms with E-state index in [1.165, 1.54) is 70.2 Å². The number of aromatic hydroxyl groups is 4. The molecule has 648 valence electrons. The molecule has 24 nitrogen and oxygen atoms in total. The molecule has 127 heavy (non-hydrogen) atoms. The number of para-hydroxylation sites is 4. The molecule has 0 spiro atoms. The highest BCUT2D eigenvalue weighted by atomic mass is 35.5. The van der Waals surface area contributed by atoms with E-state index in [0.717, 1.165) is 11.1 Å². The summed E-state index contributed by atoms with van der Waals surface area (Å²) in [4.78, 5) is 112. The number of phenolic OH excluding ortho intramolecular Hbond substituents is 4. The number of carbonyl (C=O) groups is 10. The van der Waals surface area contributed by atoms with Gasteiger partial charge in [0.1, 0.15) is 80.5 Å². The molecule has 0 aliphatic carbocycles. The van der Waals surface area contributed by atoms with E-state index >= 15 is 0 Å². The van der Waals surface area contributed by atoms with E-state index < -0.39 is 40.9 Å². The van der Waals surface area contributed by atoms with Gasteiger partial charge in [-0.15, -0.1) is 0 Å². The lowest BCUT2D eigenvalue weighted by molar-refractivity contribution is -0.132. The van der Waals surface area contributed by atoms with Gasteiger partial charge >= 0.3 is 48.1 Å². The first kappa shape index (κ1) is 99.4. The normalized spacial score (nSPS) is 9.70. The molecule has 0 amide bonds. The summed E-state index contributed by atoms with van der Waals surface area (Å²) in [5, 5.41) is 34.4. The second-order valence-electron chi connectivity index (χ2n) is 26.0. The minimum Gasteiger partial charge on any atom is -0.508 e. The van der Waals surface area contributed by atoms with Gasteiger partial charge in [0.25, 0.3) is 5.24 Å². The van der Waals surface area contributed by atoms with Crippen LogP contribution in [0.5, 0.6) is 80.5 Å². The Labute approximate surface area is 742 Å². The van der Waals surface area contributed by atoms with E-state index in [2.05, 4.69) is 11.6 Å². The van der Waals surface area contributed by atoms with Crippen LogP contribution in [0.15, 0.2) is 388 Å². The van der Waals surface area contributed by atoms with Crippen molar-refractivity contribution in [1.82, 2.24) is 0 Å². The summed E-state index contributed by atoms with van der Waals surface area (Å²) >= 11 is 9.80. The molecule has 0 bridgehead atoms. The van der Waals surface area contributed by atoms with Crippen molar-refractivity contribution in [2.24, 2.45) is 0 Å². The number of esters is 6. The molecule has 0 aliphatic heterocycles. The molecule has 14 aromatic carbocycles. The predicted octanol–water partition coefficient (Wildman–Crippen LogP) is 22.4. The fourth-order valence-corrected chi connectivity index (χ4v) is 10.0. The smallest absolute Gasteiger partial charge is 0.508 e. The maximum absolute atomic E-state index is 12.5. The van der Waals surface area contributed by atoms with Gasteiger partial charge in [0.05, 0.1) is 16.7 Å². The lowest BCUT2D eigenvalue weighted by Crippen LogP contribution is -2.19. The Morgan fingerprint density at radius 1 is 0.220 bits per heavy atom. The van der Waals surface area contributed by atoms with Crippen molar-refractivity contribution in [2.45, 2.75) is 47.0 Å². The highest BCUT2D eigenvalue weighted by molar-refractivity contribution is 6.67. The molecule has 14 aromatic rings. The van der Waals surface area contributed by atoms with Crippen LogP contribution in [0.25, 0.3) is 0 Å². The zero-order valence-electron chi connectivity index (χ0n) is 69.2. The molecular formula is C101H86Cl2O24. The maximum atomic E-state index is 12.5. The lowest BCUT2D eigenvalue weighted by atomic mass is 9.78. The van der Waals surface area contributed by atoms with E-state index in [1.807, 2.05) is 111 Å². The standard InChI is InChI=1S/C43H32O10.C13H10O3.3C8H8O2.C7H5ClO.C6H6O2.C6H6O.C2H3ClO/c1-43(2,31-19-23-33(24-20-31)50-41(46)52-37-17-9-15-35(27-37)48-39(44)29-11-5-3-6-12-29)32-21-25-34(26-22-32)51-42(47)53-38-18-10-16-36(28-38)49-40(45)30-13-7-4-8-14-30;14-11-7-4-8-12(9-11)16-13(15)10-5-2-1-3-6-10;3*1-7(9)10-8-5-3-2-4-6-8;8-7(9)6-4-2-1-3-5-6;7-5-2-1-3-6(8)4-5;7-6-4-2-1-3-5-6;1-2(3)4/h3-28H,1-2H3;1-9,14H;3*2-6H,1H3;1-5H;1-4,7-8H;1-5,7H;1H3. The first-order valence-electron chi connectivity index (χ1n) is 38.1. The number of phenols is 4. The number of carbonyl (C=O) groups excluding carboxylic acids is 10. The molecule has 0 aromatic heterocycles. The summed E-state index contributed by atoms with van der Waals surface area (Å²) < 4.78 is 51.5. The molecule has 26 heteroatoms. The average molecular weight is 1750 g/mol. The van der Waals surface area contributed by atoms with Crippen LogP contribution in [0.4, 0.5) is 9.59 Å². The van der Waals surface area contributed by atoms with Crippen LogP contribution in [0.3, 0.4) is 0 Å². The Morgan fingerprint density at radius 2 is 0.425 bits per heavy atom. The van der Waals surface area contributed by atoms with Crippen LogP contribution in [-0.2, 0) is 24.6 Å². The highest BCUT2D eigenvalue weighted by Gasteiger charge is 2.24. The van der Waals surface area contributed by atoms with Gasteiger partial charge in [0.15, 0.2) is 0 Å². The minimum absolute atomic E-state index is 0.0679. The molecule has 0 fully saturated rings. The average Bonchev–Trinajstić information content (AvgIpc) is 0.798. The van der Waals surface area contributed by atoms with Gasteiger partial charge in [-0.3, -0.25) is 24.0 Å². The molecule has 0 atom stereocenters. The van der Waals surface area contributed by atoms with Gasteiger partial charge in [-0.05, 0) is 192 Å². The van der Waals surface area contributed by atoms with Crippen LogP contribution in [0, 0.1) is 0 Å². The topological polar surface area (TPSA) is 344 Å². The van der Waals surface area contributed by atoms with Gasteiger partial charge in [-0.25, -0.2) is 24.0 Å². The van der Waals surface area contributed by atoms with Crippen molar-refractivity contribution in [2.75, 3.05) is 0 Å². The third-order valence-corrected chi connectivity index (χ3v) is 15.9. The van der Waals surface area contributed by atoms with Crippen molar-refractivity contribution in [3.63, 3.8) is 0 Å². The number of halogens is 2. The van der Waals surface area contributed by atoms with Crippen LogP contribution in [0.2, 0.25) is 0 Å². The molecule has 0 radical (unpaired) electrons. The van der Waals surface area contributed by atoms with E-state index in [9.17, 15) is 53.1 Å². The maximum Gasteiger partial charge on any atom is 0.519 e. The SMILES string of the molecule is CC(=O)Cl.CC(=O)Oc1ccccc1.CC(=O)Oc1ccccc1.CC(=O)Oc1ccccc1.CC(C)(c1ccc(OC(=O)Oc2cccc(OC(=O)c3ccccc3)c2)cc1)c1ccc(OC(=O)Oc2cccc(OC(=O)c3ccccc3)c2)cc1.O=C(Cl)c1ccccc1.O=C(Oc1cccc(O)c1)c1ccccc1.Oc1cccc(O)c1.Oc1ccccc1. The van der Waals surface area contributed by atoms with Gasteiger partial charge in [-0.2, -0.15) is 0 Å². The number of rotatable bonds is 16. The summed E-state index contributed by atoms with van der Waals surface area (Å²) in [6, 6.07) is 108. The van der Waals surface area contributed by atoms with Crippen LogP contribution < -0.4 is 47.4 Å². The second kappa shape index (κ2) is 54.8. The zero-order valence-corrected chi connectivity index (χ0v) is 70.7. The number of hydrogen-bond acceptors (Lipinski definition) is 24. The van der Waals surface area contributed by atoms with E-state index in [1.54, 1.807) is 249 Å². The van der Waals surface area contributed by atoms with E-state index in [-0.39, 0.29) is 74.9 Å². The Hall–Kier alpha value is -16.4. The minimum atomic E-state index is -0.961. The summed E-state index contributed by atoms with van der Waals surface area (Å²) in [5.74, 6) is 1.53. The largest absolute Gasteiger partial charge is 0.519 e. The molecule has 0 aliphatic rings. The molecule has 0 unspecified atom stereocenters. The Kier molecular flexibility index (Phi) is 42.8. The van der Waals surface area contributed by atoms with Gasteiger partial charge in [0.2, 0.25) is 5.24 Å². The molecule has 14 rings (SSSR count). The Morgan fingerprint density at radius 3 is 0.661 bits per heavy atom. The van der Waals surface area contributed by atoms with Crippen molar-refractivity contribution in [1.29, 1.82) is 0 Å². The van der Waals surface area contributed by atoms with E-state index in [0.29, 0.717) is 51.0 Å². The molecule has 0 saturated carbocycles. The Balaban J connectivity index is 0.000000268. The first-order valence-corrected chi connectivity index (χ1v) is 38.9. The summed E-state index contributed by atoms with van der Waals surface area (Å²) in [6.07, 6.45) is -1.92. The number of ether oxygens (including phenoxy) is 10. The highest BCUT2D eigenvalue weighted by Crippen LogP contribution is 2.34. The van der Waals surface area contributed by atoms with Crippen molar-refractivity contribution in [3.05, 3.63) is 422 Å². The number of hydrogen-bond donors (Lipinski definition) is 4. The molecular weight excluding hydrogens is 1670 g/mol. The summed E-state index contributed by atoms with van der Waals surface area (Å²) in [7, 11) is 0. The molecule has 4 N–H and O–H groups in total. The summed E-state index contributed by atoms with van der Waals surface area (Å²) in [5.41, 5.74) is 3.16. The van der Waals surface area contributed by atoms with Crippen molar-refractivity contribution < 1.29 is 116 Å². The van der Waals surface area contributed by atoms with Crippen molar-refractivity contribution in [3.8, 4) is 80.5 Å². The first-order chi connectivity index (χ1) is 61.0. The van der Waals surface area contributed by atoms with Crippen LogP contribution >= 0.6 is 23.2 Å². The number of benzene rings is 14. The predicted molar refractivity (Wildman–Crippen MR) is 478 cm³/mol. The lowest BCUT2D eigenvalue weighted by Gasteiger charge is -2.26. The van der Waals surface area contributed by atoms with Gasteiger partial charge in [0, 0.05) is 62.9 Å². The summed E-state index contributed by atoms with van der Waals surface area (Å²) in [6.45, 7) is 9.49. The second-order valence-corrected chi connectivity index (χ2v) is 26.9. The van der Waals surface area contributed by atoms with Crippen LogP contribution in [0.1, 0.15) is 94.1 Å². The third-order valence-electron chi connectivity index (χ3n) is 15.6. The fourth-order valence-electron chi connectivity index (χ4n) is 9.90. The molecule has 0 heterocycles. The van der Waals surface area contributed by atoms with Gasteiger partial charge < -0.3 is 67.8 Å². The van der Waals surface area contributed by atoms with Crippen molar-refractivity contribution >= 4 is 81.8 Å². The fraction of sp³-hybridized carbons (Fsp3) is 0.0693. The third kappa shape index (κ3) is 41.1. The van der Waals surface area contributed by atoms with Gasteiger partial charge in [-0.1, -0.05) is 220 Å². The zero-order chi connectivity index (χ0) is 92.1. The monoisotopic (exact) mass is 1750 g/mol. The molecule has 0 saturated heterocycles. The van der Waals surface area contributed by atoms with Crippen LogP contribution in [-0.4, -0.2) is 79.0 Å². The quantitative estimate of drug-likeness (QED) is 0.0302. The van der Waals surface area contributed by atoms with E-state index in [4.69, 9.17) is 74.3 Å².